The van der Waals surface area contributed by atoms with Crippen LogP contribution in [0, 0.1) is 5.82 Å². The van der Waals surface area contributed by atoms with E-state index in [1.54, 1.807) is 24.4 Å². The Morgan fingerprint density at radius 1 is 1.06 bits per heavy atom. The molecule has 3 N–H and O–H groups in total. The van der Waals surface area contributed by atoms with Gasteiger partial charge in [0, 0.05) is 67.3 Å². The van der Waals surface area contributed by atoms with Crippen LogP contribution >= 0.6 is 11.6 Å². The van der Waals surface area contributed by atoms with Gasteiger partial charge >= 0.3 is 0 Å². The normalized spacial score (nSPS) is 14.4. The highest BCUT2D eigenvalue weighted by Crippen LogP contribution is 2.44. The molecule has 31 heavy (non-hydrogen) atoms. The predicted octanol–water partition coefficient (Wildman–Crippen LogP) is 4.69. The summed E-state index contributed by atoms with van der Waals surface area (Å²) in [6.45, 7) is 3.92. The first-order valence-electron chi connectivity index (χ1n) is 10.3. The number of nitrogens with one attached hydrogen (secondary N) is 1. The van der Waals surface area contributed by atoms with Crippen molar-refractivity contribution in [2.75, 3.05) is 36.8 Å². The van der Waals surface area contributed by atoms with Crippen molar-refractivity contribution in [2.45, 2.75) is 0 Å². The molecule has 0 bridgehead atoms. The number of aromatic nitrogens is 2. The summed E-state index contributed by atoms with van der Waals surface area (Å²) >= 11 is 6.58. The maximum Gasteiger partial charge on any atom is 0.142 e. The molecule has 0 spiro atoms. The van der Waals surface area contributed by atoms with Crippen molar-refractivity contribution < 1.29 is 4.39 Å². The summed E-state index contributed by atoms with van der Waals surface area (Å²) in [7, 11) is 1.93. The molecule has 5 nitrogen and oxygen atoms in total. The van der Waals surface area contributed by atoms with E-state index in [2.05, 4.69) is 39.5 Å². The third-order valence-electron chi connectivity index (χ3n) is 5.90. The molecule has 1 fully saturated rings. The van der Waals surface area contributed by atoms with Crippen LogP contribution in [-0.4, -0.2) is 35.7 Å². The van der Waals surface area contributed by atoms with Gasteiger partial charge in [0.1, 0.15) is 11.5 Å². The van der Waals surface area contributed by atoms with Gasteiger partial charge in [0.05, 0.1) is 10.7 Å². The van der Waals surface area contributed by atoms with Crippen LogP contribution in [0.15, 0.2) is 54.7 Å². The standard InChI is InChI=1S/C24H23ClFN5/c1-30-23(15-2-5-17(6-3-15)31-12-10-28-11-13-31)21(18-14-16(27)4-7-20(18)26)22-19(25)8-9-29-24(22)30/h2-9,14,28H,10-13,27H2,1H3. The number of fused-ring (bicyclic) bond motifs is 1. The van der Waals surface area contributed by atoms with E-state index < -0.39 is 0 Å². The summed E-state index contributed by atoms with van der Waals surface area (Å²) in [4.78, 5) is 6.89. The molecule has 2 aromatic carbocycles. The Kier molecular flexibility index (Phi) is 5.04. The van der Waals surface area contributed by atoms with E-state index in [0.29, 0.717) is 27.5 Å². The number of hydrogen-bond donors (Lipinski definition) is 2. The van der Waals surface area contributed by atoms with Crippen molar-refractivity contribution in [1.82, 2.24) is 14.9 Å². The Balaban J connectivity index is 1.73. The number of hydrogen-bond acceptors (Lipinski definition) is 4. The zero-order valence-corrected chi connectivity index (χ0v) is 18.0. The lowest BCUT2D eigenvalue weighted by Crippen LogP contribution is -2.43. The molecule has 0 unspecified atom stereocenters. The molecular weight excluding hydrogens is 413 g/mol. The molecule has 0 radical (unpaired) electrons. The highest BCUT2D eigenvalue weighted by atomic mass is 35.5. The maximum absolute atomic E-state index is 15.0. The van der Waals surface area contributed by atoms with E-state index in [0.717, 1.165) is 42.8 Å². The van der Waals surface area contributed by atoms with Crippen molar-refractivity contribution in [1.29, 1.82) is 0 Å². The highest BCUT2D eigenvalue weighted by molar-refractivity contribution is 6.37. The number of anilines is 2. The molecule has 0 saturated carbocycles. The number of piperazine rings is 1. The number of nitrogens with two attached hydrogens (primary N) is 1. The fraction of sp³-hybridized carbons (Fsp3) is 0.208. The van der Waals surface area contributed by atoms with Gasteiger partial charge in [0.15, 0.2) is 0 Å². The zero-order valence-electron chi connectivity index (χ0n) is 17.2. The van der Waals surface area contributed by atoms with E-state index in [1.807, 2.05) is 11.6 Å². The van der Waals surface area contributed by atoms with Gasteiger partial charge in [-0.3, -0.25) is 0 Å². The zero-order chi connectivity index (χ0) is 21.5. The van der Waals surface area contributed by atoms with Gasteiger partial charge in [-0.1, -0.05) is 23.7 Å². The van der Waals surface area contributed by atoms with Gasteiger partial charge in [-0.15, -0.1) is 0 Å². The van der Waals surface area contributed by atoms with Crippen LogP contribution in [0.2, 0.25) is 5.02 Å². The number of aryl methyl sites for hydroxylation is 1. The van der Waals surface area contributed by atoms with Crippen LogP contribution in [0.4, 0.5) is 15.8 Å². The lowest BCUT2D eigenvalue weighted by atomic mass is 9.97. The average Bonchev–Trinajstić information content (AvgIpc) is 3.10. The summed E-state index contributed by atoms with van der Waals surface area (Å²) in [6.07, 6.45) is 1.67. The fourth-order valence-corrected chi connectivity index (χ4v) is 4.63. The third-order valence-corrected chi connectivity index (χ3v) is 6.22. The molecule has 158 valence electrons. The molecule has 1 aliphatic heterocycles. The van der Waals surface area contributed by atoms with Gasteiger partial charge < -0.3 is 20.5 Å². The molecule has 0 atom stereocenters. The Labute approximate surface area is 185 Å². The molecule has 1 saturated heterocycles. The Hall–Kier alpha value is -3.09. The lowest BCUT2D eigenvalue weighted by molar-refractivity contribution is 0.589. The van der Waals surface area contributed by atoms with E-state index in [9.17, 15) is 4.39 Å². The van der Waals surface area contributed by atoms with Crippen LogP contribution in [0.1, 0.15) is 0 Å². The van der Waals surface area contributed by atoms with Crippen LogP contribution < -0.4 is 16.0 Å². The molecule has 3 heterocycles. The summed E-state index contributed by atoms with van der Waals surface area (Å²) in [5.74, 6) is -0.347. The van der Waals surface area contributed by atoms with Gasteiger partial charge in [-0.05, 0) is 42.0 Å². The third kappa shape index (κ3) is 3.42. The summed E-state index contributed by atoms with van der Waals surface area (Å²) in [5.41, 5.74) is 11.3. The quantitative estimate of drug-likeness (QED) is 0.458. The SMILES string of the molecule is Cn1c(-c2ccc(N3CCNCC3)cc2)c(-c2cc(N)ccc2F)c2c(Cl)ccnc21. The minimum absolute atomic E-state index is 0.347. The molecular formula is C24H23ClFN5. The molecule has 0 aliphatic carbocycles. The predicted molar refractivity (Wildman–Crippen MR) is 126 cm³/mol. The van der Waals surface area contributed by atoms with E-state index in [1.165, 1.54) is 11.8 Å². The summed E-state index contributed by atoms with van der Waals surface area (Å²) in [5, 5.41) is 4.62. The number of benzene rings is 2. The monoisotopic (exact) mass is 435 g/mol. The average molecular weight is 436 g/mol. The van der Waals surface area contributed by atoms with Crippen LogP contribution in [0.25, 0.3) is 33.4 Å². The Morgan fingerprint density at radius 3 is 2.55 bits per heavy atom. The van der Waals surface area contributed by atoms with Crippen LogP contribution in [0.3, 0.4) is 0 Å². The van der Waals surface area contributed by atoms with Gasteiger partial charge in [-0.25, -0.2) is 9.37 Å². The van der Waals surface area contributed by atoms with Crippen molar-refractivity contribution in [3.05, 3.63) is 65.6 Å². The van der Waals surface area contributed by atoms with Crippen LogP contribution in [-0.2, 0) is 7.05 Å². The van der Waals surface area contributed by atoms with Crippen LogP contribution in [0.5, 0.6) is 0 Å². The van der Waals surface area contributed by atoms with Crippen molar-refractivity contribution in [2.24, 2.45) is 7.05 Å². The van der Waals surface area contributed by atoms with Gasteiger partial charge in [-0.2, -0.15) is 0 Å². The van der Waals surface area contributed by atoms with E-state index in [-0.39, 0.29) is 5.82 Å². The highest BCUT2D eigenvalue weighted by Gasteiger charge is 2.23. The number of nitrogen functional groups attached to an aromatic ring is 1. The second kappa shape index (κ2) is 7.87. The number of pyridine rings is 1. The summed E-state index contributed by atoms with van der Waals surface area (Å²) < 4.78 is 17.0. The smallest absolute Gasteiger partial charge is 0.142 e. The molecule has 0 amide bonds. The molecule has 1 aliphatic rings. The molecule has 5 rings (SSSR count). The van der Waals surface area contributed by atoms with E-state index >= 15 is 0 Å². The number of nitrogens with zero attached hydrogens (tertiary/aromatic N) is 3. The Morgan fingerprint density at radius 2 is 1.81 bits per heavy atom. The molecule has 2 aromatic heterocycles. The first-order chi connectivity index (χ1) is 15.0. The van der Waals surface area contributed by atoms with Gasteiger partial charge in [0.25, 0.3) is 0 Å². The maximum atomic E-state index is 15.0. The first-order valence-corrected chi connectivity index (χ1v) is 10.7. The largest absolute Gasteiger partial charge is 0.399 e. The first kappa shape index (κ1) is 19.8. The van der Waals surface area contributed by atoms with Crippen molar-refractivity contribution >= 4 is 34.0 Å². The van der Waals surface area contributed by atoms with E-state index in [4.69, 9.17) is 17.3 Å². The molecule has 4 aromatic rings. The fourth-order valence-electron chi connectivity index (χ4n) is 4.39. The number of rotatable bonds is 3. The second-order valence-electron chi connectivity index (χ2n) is 7.80. The number of halogens is 2. The molecule has 7 heteroatoms. The van der Waals surface area contributed by atoms with Gasteiger partial charge in [0.2, 0.25) is 0 Å². The summed E-state index contributed by atoms with van der Waals surface area (Å²) in [6, 6.07) is 14.7. The minimum atomic E-state index is -0.347. The van der Waals surface area contributed by atoms with Crippen molar-refractivity contribution in [3.63, 3.8) is 0 Å². The second-order valence-corrected chi connectivity index (χ2v) is 8.20. The van der Waals surface area contributed by atoms with Crippen molar-refractivity contribution in [3.8, 4) is 22.4 Å². The lowest BCUT2D eigenvalue weighted by Gasteiger charge is -2.29. The minimum Gasteiger partial charge on any atom is -0.399 e. The Bertz CT molecular complexity index is 1260. The topological polar surface area (TPSA) is 59.1 Å².